The molecule has 2 heterocycles. The lowest BCUT2D eigenvalue weighted by atomic mass is 9.93. The van der Waals surface area contributed by atoms with Crippen LogP contribution < -0.4 is 0 Å². The molecule has 0 aliphatic heterocycles. The van der Waals surface area contributed by atoms with Crippen molar-refractivity contribution >= 4 is 0 Å². The summed E-state index contributed by atoms with van der Waals surface area (Å²) < 4.78 is 0. The molecule has 0 N–H and O–H groups in total. The van der Waals surface area contributed by atoms with Crippen molar-refractivity contribution in [1.82, 2.24) is 15.0 Å². The molecule has 0 amide bonds. The average Bonchev–Trinajstić information content (AvgIpc) is 3.48. The molecule has 350 valence electrons. The van der Waals surface area contributed by atoms with Gasteiger partial charge in [0.2, 0.25) is 0 Å². The van der Waals surface area contributed by atoms with E-state index >= 15 is 0 Å². The SMILES string of the molecule is Cc1ccc(C)c(-c2cccc(-c3cccc(-c4cccc(-c5nc(-c6ccccc6)cc(-c6cccc(-c7cccc(-c8cccc(-c9cc(-c%10ccccc%10)cc(-c%10ccccc%10)n9)c8)c7)c6)n5)c4)c3)c2)c1. The fourth-order valence-corrected chi connectivity index (χ4v) is 9.94. The summed E-state index contributed by atoms with van der Waals surface area (Å²) in [6, 6.07) is 97.1. The Labute approximate surface area is 433 Å². The van der Waals surface area contributed by atoms with E-state index in [1.807, 2.05) is 12.1 Å². The van der Waals surface area contributed by atoms with Crippen LogP contribution in [0.5, 0.6) is 0 Å². The van der Waals surface area contributed by atoms with Crippen molar-refractivity contribution in [2.75, 3.05) is 0 Å². The van der Waals surface area contributed by atoms with Gasteiger partial charge in [-0.2, -0.15) is 0 Å². The summed E-state index contributed by atoms with van der Waals surface area (Å²) in [5.74, 6) is 0.674. The summed E-state index contributed by atoms with van der Waals surface area (Å²) in [5.41, 5.74) is 25.1. The number of benzene rings is 10. The van der Waals surface area contributed by atoms with Gasteiger partial charge in [0.25, 0.3) is 0 Å². The van der Waals surface area contributed by atoms with E-state index in [2.05, 4.69) is 275 Å². The molecular weight excluding hydrogens is 895 g/mol. The van der Waals surface area contributed by atoms with Crippen molar-refractivity contribution in [2.45, 2.75) is 13.8 Å². The third kappa shape index (κ3) is 9.75. The van der Waals surface area contributed by atoms with Gasteiger partial charge in [0.1, 0.15) is 0 Å². The first kappa shape index (κ1) is 45.6. The molecule has 12 rings (SSSR count). The molecule has 3 heteroatoms. The highest BCUT2D eigenvalue weighted by Crippen LogP contribution is 2.37. The summed E-state index contributed by atoms with van der Waals surface area (Å²) in [4.78, 5) is 15.8. The number of aryl methyl sites for hydroxylation is 2. The highest BCUT2D eigenvalue weighted by molar-refractivity contribution is 5.83. The number of pyridine rings is 1. The van der Waals surface area contributed by atoms with Crippen LogP contribution in [0, 0.1) is 13.8 Å². The summed E-state index contributed by atoms with van der Waals surface area (Å²) >= 11 is 0. The Morgan fingerprint density at radius 1 is 0.203 bits per heavy atom. The molecule has 0 saturated carbocycles. The van der Waals surface area contributed by atoms with Crippen LogP contribution in [0.2, 0.25) is 0 Å². The lowest BCUT2D eigenvalue weighted by molar-refractivity contribution is 1.18. The van der Waals surface area contributed by atoms with Gasteiger partial charge in [-0.25, -0.2) is 15.0 Å². The van der Waals surface area contributed by atoms with Crippen LogP contribution in [0.25, 0.3) is 123 Å². The van der Waals surface area contributed by atoms with Crippen molar-refractivity contribution in [3.63, 3.8) is 0 Å². The molecule has 0 spiro atoms. The molecule has 2 aromatic heterocycles. The molecule has 0 unspecified atom stereocenters. The van der Waals surface area contributed by atoms with Crippen LogP contribution in [0.1, 0.15) is 11.1 Å². The van der Waals surface area contributed by atoms with E-state index in [-0.39, 0.29) is 0 Å². The molecule has 74 heavy (non-hydrogen) atoms. The largest absolute Gasteiger partial charge is 0.248 e. The smallest absolute Gasteiger partial charge is 0.160 e. The third-order valence-corrected chi connectivity index (χ3v) is 13.9. The van der Waals surface area contributed by atoms with E-state index in [0.717, 1.165) is 95.1 Å². The number of hydrogen-bond acceptors (Lipinski definition) is 3. The summed E-state index contributed by atoms with van der Waals surface area (Å²) in [6.07, 6.45) is 0. The molecule has 12 aromatic rings. The minimum atomic E-state index is 0.674. The maximum Gasteiger partial charge on any atom is 0.160 e. The quantitative estimate of drug-likeness (QED) is 0.130. The number of hydrogen-bond donors (Lipinski definition) is 0. The van der Waals surface area contributed by atoms with Crippen molar-refractivity contribution in [3.8, 4) is 123 Å². The van der Waals surface area contributed by atoms with E-state index in [9.17, 15) is 0 Å². The Balaban J connectivity index is 0.869. The van der Waals surface area contributed by atoms with Crippen LogP contribution in [-0.4, -0.2) is 15.0 Å². The summed E-state index contributed by atoms with van der Waals surface area (Å²) in [7, 11) is 0. The third-order valence-electron chi connectivity index (χ3n) is 13.9. The highest BCUT2D eigenvalue weighted by atomic mass is 14.9. The van der Waals surface area contributed by atoms with Gasteiger partial charge >= 0.3 is 0 Å². The van der Waals surface area contributed by atoms with Gasteiger partial charge in [0.15, 0.2) is 5.82 Å². The van der Waals surface area contributed by atoms with E-state index in [1.54, 1.807) is 0 Å². The Hall–Kier alpha value is -9.57. The lowest BCUT2D eigenvalue weighted by Gasteiger charge is -2.13. The van der Waals surface area contributed by atoms with E-state index in [0.29, 0.717) is 5.82 Å². The fraction of sp³-hybridized carbons (Fsp3) is 0.0282. The average molecular weight is 946 g/mol. The fourth-order valence-electron chi connectivity index (χ4n) is 9.94. The van der Waals surface area contributed by atoms with Crippen LogP contribution in [0.3, 0.4) is 0 Å². The Morgan fingerprint density at radius 3 is 1.00 bits per heavy atom. The molecule has 0 fully saturated rings. The van der Waals surface area contributed by atoms with Gasteiger partial charge in [0.05, 0.1) is 22.8 Å². The molecule has 10 aromatic carbocycles. The van der Waals surface area contributed by atoms with Gasteiger partial charge in [-0.15, -0.1) is 0 Å². The van der Waals surface area contributed by atoms with Crippen molar-refractivity contribution < 1.29 is 0 Å². The molecule has 0 saturated heterocycles. The normalized spacial score (nSPS) is 11.1. The predicted molar refractivity (Wildman–Crippen MR) is 309 cm³/mol. The topological polar surface area (TPSA) is 38.7 Å². The van der Waals surface area contributed by atoms with Crippen molar-refractivity contribution in [2.24, 2.45) is 0 Å². The Morgan fingerprint density at radius 2 is 0.527 bits per heavy atom. The Kier molecular flexibility index (Phi) is 12.5. The molecule has 3 nitrogen and oxygen atoms in total. The van der Waals surface area contributed by atoms with Crippen molar-refractivity contribution in [3.05, 3.63) is 284 Å². The number of rotatable bonds is 11. The molecule has 0 radical (unpaired) electrons. The molecule has 0 bridgehead atoms. The minimum absolute atomic E-state index is 0.674. The minimum Gasteiger partial charge on any atom is -0.248 e. The summed E-state index contributed by atoms with van der Waals surface area (Å²) in [6.45, 7) is 4.34. The van der Waals surface area contributed by atoms with Gasteiger partial charge in [-0.3, -0.25) is 0 Å². The second-order valence-corrected chi connectivity index (χ2v) is 19.0. The maximum atomic E-state index is 5.32. The van der Waals surface area contributed by atoms with Crippen LogP contribution in [-0.2, 0) is 0 Å². The second kappa shape index (κ2) is 20.3. The van der Waals surface area contributed by atoms with Crippen LogP contribution in [0.4, 0.5) is 0 Å². The van der Waals surface area contributed by atoms with Crippen LogP contribution in [0.15, 0.2) is 273 Å². The van der Waals surface area contributed by atoms with Crippen LogP contribution >= 0.6 is 0 Å². The van der Waals surface area contributed by atoms with Gasteiger partial charge in [-0.05, 0) is 141 Å². The predicted octanol–water partition coefficient (Wildman–Crippen LogP) is 18.8. The van der Waals surface area contributed by atoms with E-state index in [4.69, 9.17) is 15.0 Å². The molecule has 0 atom stereocenters. The summed E-state index contributed by atoms with van der Waals surface area (Å²) in [5, 5.41) is 0. The molecular formula is C71H51N3. The Bertz CT molecular complexity index is 3910. The van der Waals surface area contributed by atoms with Gasteiger partial charge in [-0.1, -0.05) is 224 Å². The zero-order chi connectivity index (χ0) is 49.8. The zero-order valence-corrected chi connectivity index (χ0v) is 41.3. The number of nitrogens with zero attached hydrogens (tertiary/aromatic N) is 3. The monoisotopic (exact) mass is 945 g/mol. The first-order valence-electron chi connectivity index (χ1n) is 25.2. The van der Waals surface area contributed by atoms with Crippen molar-refractivity contribution in [1.29, 1.82) is 0 Å². The number of aromatic nitrogens is 3. The first-order chi connectivity index (χ1) is 36.4. The standard InChI is InChI=1S/C71H51N3/c1-48-36-37-49(2)66(38-48)61-32-14-28-57(41-61)53-24-12-27-56(39-53)60-31-17-35-64(44-60)71-73-69(52-22-10-5-11-23-52)47-70(74-71)63-34-16-30-59(43-63)55-26-13-25-54(40-55)58-29-15-33-62(42-58)68-46-65(50-18-6-3-7-19-50)45-67(72-68)51-20-8-4-9-21-51/h3-47H,1-2H3. The lowest BCUT2D eigenvalue weighted by Crippen LogP contribution is -1.96. The highest BCUT2D eigenvalue weighted by Gasteiger charge is 2.15. The zero-order valence-electron chi connectivity index (χ0n) is 41.3. The maximum absolute atomic E-state index is 5.32. The first-order valence-corrected chi connectivity index (χ1v) is 25.2. The van der Waals surface area contributed by atoms with E-state index < -0.39 is 0 Å². The van der Waals surface area contributed by atoms with Gasteiger partial charge in [0, 0.05) is 27.8 Å². The van der Waals surface area contributed by atoms with Gasteiger partial charge < -0.3 is 0 Å². The van der Waals surface area contributed by atoms with E-state index in [1.165, 1.54) is 33.4 Å². The molecule has 0 aliphatic rings. The molecule has 0 aliphatic carbocycles. The second-order valence-electron chi connectivity index (χ2n) is 19.0.